The molecule has 6 atom stereocenters. The van der Waals surface area contributed by atoms with E-state index >= 15 is 0 Å². The van der Waals surface area contributed by atoms with Gasteiger partial charge in [-0.05, 0) is 101 Å². The number of hydrogen-bond acceptors (Lipinski definition) is 5. The topological polar surface area (TPSA) is 57.8 Å². The van der Waals surface area contributed by atoms with Crippen LogP contribution < -0.4 is 5.32 Å². The molecular weight excluding hydrogens is 506 g/mol. The summed E-state index contributed by atoms with van der Waals surface area (Å²) < 4.78 is 0. The Balaban J connectivity index is 1.13. The first-order valence-corrected chi connectivity index (χ1v) is 16.0. The van der Waals surface area contributed by atoms with E-state index in [0.29, 0.717) is 35.7 Å². The molecule has 6 nitrogen and oxygen atoms in total. The van der Waals surface area contributed by atoms with Crippen molar-refractivity contribution in [1.82, 2.24) is 19.7 Å². The van der Waals surface area contributed by atoms with Gasteiger partial charge in [-0.15, -0.1) is 6.58 Å². The fourth-order valence-corrected chi connectivity index (χ4v) is 9.74. The number of aromatic hydroxyl groups is 1. The summed E-state index contributed by atoms with van der Waals surface area (Å²) >= 11 is 0. The first-order chi connectivity index (χ1) is 20.0. The van der Waals surface area contributed by atoms with Crippen LogP contribution in [0.2, 0.25) is 0 Å². The van der Waals surface area contributed by atoms with Crippen LogP contribution in [0.4, 0.5) is 5.69 Å². The SMILES string of the molecule is C=C[C@@H]1CN2CC[C@@]3(CNc4c3ccc(O)c4[C@H]3CCCN3C)[C@@H]2C[C@@H]1C[C@H]1c2[nH]c3ccccc3c2CCN1C. The van der Waals surface area contributed by atoms with Crippen molar-refractivity contribution in [3.05, 3.63) is 71.4 Å². The van der Waals surface area contributed by atoms with Crippen molar-refractivity contribution in [2.45, 2.75) is 62.1 Å². The van der Waals surface area contributed by atoms with E-state index in [-0.39, 0.29) is 5.41 Å². The summed E-state index contributed by atoms with van der Waals surface area (Å²) in [5.74, 6) is 1.57. The predicted molar refractivity (Wildman–Crippen MR) is 167 cm³/mol. The van der Waals surface area contributed by atoms with Crippen molar-refractivity contribution in [2.75, 3.05) is 52.1 Å². The molecule has 0 bridgehead atoms. The normalized spacial score (nSPS) is 33.7. The van der Waals surface area contributed by atoms with E-state index in [1.165, 1.54) is 59.1 Å². The molecular formula is C35H45N5O. The van der Waals surface area contributed by atoms with Gasteiger partial charge in [-0.3, -0.25) is 14.7 Å². The maximum atomic E-state index is 11.1. The maximum absolute atomic E-state index is 11.1. The zero-order chi connectivity index (χ0) is 27.9. The van der Waals surface area contributed by atoms with Crippen molar-refractivity contribution in [1.29, 1.82) is 0 Å². The van der Waals surface area contributed by atoms with Crippen LogP contribution in [0, 0.1) is 11.8 Å². The Bertz CT molecular complexity index is 1500. The van der Waals surface area contributed by atoms with Gasteiger partial charge in [0, 0.05) is 65.0 Å². The molecule has 0 radical (unpaired) electrons. The van der Waals surface area contributed by atoms with E-state index in [0.717, 1.165) is 51.1 Å². The second-order valence-electron chi connectivity index (χ2n) is 13.8. The van der Waals surface area contributed by atoms with Crippen LogP contribution in [0.1, 0.15) is 66.6 Å². The molecule has 3 fully saturated rings. The Hall–Kier alpha value is -2.80. The molecule has 3 N–H and O–H groups in total. The lowest BCUT2D eigenvalue weighted by atomic mass is 9.68. The number of anilines is 1. The highest BCUT2D eigenvalue weighted by Gasteiger charge is 2.55. The summed E-state index contributed by atoms with van der Waals surface area (Å²) in [4.78, 5) is 11.7. The number of likely N-dealkylation sites (N-methyl/N-ethyl adjacent to an activating group) is 1. The minimum absolute atomic E-state index is 0.115. The number of aromatic amines is 1. The highest BCUT2D eigenvalue weighted by atomic mass is 16.3. The van der Waals surface area contributed by atoms with Gasteiger partial charge in [-0.1, -0.05) is 30.3 Å². The fourth-order valence-electron chi connectivity index (χ4n) is 9.74. The van der Waals surface area contributed by atoms with Gasteiger partial charge in [-0.2, -0.15) is 0 Å². The number of phenols is 1. The standard InChI is InChI=1S/C35H45N5O/c1-4-22-20-40-17-14-35(21-36-34-26(35)11-12-30(41)32(34)28-10-7-15-38(28)2)31(40)19-23(22)18-29-33-25(13-16-39(29)3)24-8-5-6-9-27(24)37-33/h4-6,8-9,11-12,22-23,28-29,31,36-37,41H,1,7,10,13-21H2,2-3H3/t22-,23+,28-,29+,31+,35+/m1/s1. The molecule has 0 aliphatic carbocycles. The lowest BCUT2D eigenvalue weighted by molar-refractivity contribution is 0.0665. The van der Waals surface area contributed by atoms with Crippen LogP contribution in [0.25, 0.3) is 10.9 Å². The number of para-hydroxylation sites is 1. The van der Waals surface area contributed by atoms with Crippen molar-refractivity contribution >= 4 is 16.6 Å². The molecule has 6 heteroatoms. The summed E-state index contributed by atoms with van der Waals surface area (Å²) in [6.07, 6.45) is 9.26. The molecule has 2 aromatic carbocycles. The molecule has 1 spiro atoms. The smallest absolute Gasteiger partial charge is 0.122 e. The van der Waals surface area contributed by atoms with E-state index in [1.54, 1.807) is 0 Å². The third kappa shape index (κ3) is 3.80. The lowest BCUT2D eigenvalue weighted by Gasteiger charge is -2.46. The summed E-state index contributed by atoms with van der Waals surface area (Å²) in [7, 11) is 4.53. The minimum atomic E-state index is 0.115. The summed E-state index contributed by atoms with van der Waals surface area (Å²) in [6.45, 7) is 9.81. The molecule has 3 saturated heterocycles. The van der Waals surface area contributed by atoms with E-state index in [4.69, 9.17) is 0 Å². The Morgan fingerprint density at radius 1 is 1.10 bits per heavy atom. The number of aromatic nitrogens is 1. The van der Waals surface area contributed by atoms with Crippen LogP contribution in [0.5, 0.6) is 5.75 Å². The molecule has 5 aliphatic heterocycles. The number of hydrogen-bond donors (Lipinski definition) is 3. The predicted octanol–water partition coefficient (Wildman–Crippen LogP) is 5.82. The van der Waals surface area contributed by atoms with Gasteiger partial charge in [0.05, 0.1) is 6.04 Å². The largest absolute Gasteiger partial charge is 0.508 e. The van der Waals surface area contributed by atoms with Crippen LogP contribution in [-0.4, -0.2) is 77.7 Å². The van der Waals surface area contributed by atoms with Crippen molar-refractivity contribution in [3.8, 4) is 5.75 Å². The molecule has 5 aliphatic rings. The Morgan fingerprint density at radius 2 is 1.98 bits per heavy atom. The van der Waals surface area contributed by atoms with Crippen molar-refractivity contribution in [3.63, 3.8) is 0 Å². The van der Waals surface area contributed by atoms with Crippen LogP contribution in [-0.2, 0) is 11.8 Å². The van der Waals surface area contributed by atoms with E-state index < -0.39 is 0 Å². The van der Waals surface area contributed by atoms with Gasteiger partial charge in [0.2, 0.25) is 0 Å². The zero-order valence-electron chi connectivity index (χ0n) is 24.7. The van der Waals surface area contributed by atoms with Gasteiger partial charge < -0.3 is 15.4 Å². The van der Waals surface area contributed by atoms with E-state index in [2.05, 4.69) is 82.1 Å². The number of nitrogens with zero attached hydrogens (tertiary/aromatic N) is 3. The molecule has 1 aromatic heterocycles. The quantitative estimate of drug-likeness (QED) is 0.357. The minimum Gasteiger partial charge on any atom is -0.508 e. The maximum Gasteiger partial charge on any atom is 0.122 e. The van der Waals surface area contributed by atoms with E-state index in [9.17, 15) is 5.11 Å². The first kappa shape index (κ1) is 25.9. The average molecular weight is 552 g/mol. The van der Waals surface area contributed by atoms with Crippen molar-refractivity contribution < 1.29 is 5.11 Å². The van der Waals surface area contributed by atoms with Gasteiger partial charge in [0.15, 0.2) is 0 Å². The fraction of sp³-hybridized carbons (Fsp3) is 0.543. The van der Waals surface area contributed by atoms with Gasteiger partial charge in [0.1, 0.15) is 5.75 Å². The average Bonchev–Trinajstić information content (AvgIpc) is 3.75. The summed E-state index contributed by atoms with van der Waals surface area (Å²) in [6, 6.07) is 14.3. The number of nitrogens with one attached hydrogen (secondary N) is 2. The Kier molecular flexibility index (Phi) is 6.07. The lowest BCUT2D eigenvalue weighted by Crippen LogP contribution is -2.51. The third-order valence-corrected chi connectivity index (χ3v) is 11.9. The highest BCUT2D eigenvalue weighted by Crippen LogP contribution is 2.56. The van der Waals surface area contributed by atoms with E-state index in [1.807, 2.05) is 6.07 Å². The Labute approximate surface area is 244 Å². The molecule has 216 valence electrons. The van der Waals surface area contributed by atoms with Crippen LogP contribution >= 0.6 is 0 Å². The number of rotatable bonds is 4. The number of phenolic OH excluding ortho intramolecular Hbond substituents is 1. The Morgan fingerprint density at radius 3 is 2.80 bits per heavy atom. The van der Waals surface area contributed by atoms with Crippen molar-refractivity contribution in [2.24, 2.45) is 11.8 Å². The summed E-state index contributed by atoms with van der Waals surface area (Å²) in [5.41, 5.74) is 8.22. The molecule has 6 heterocycles. The van der Waals surface area contributed by atoms with Gasteiger partial charge in [0.25, 0.3) is 0 Å². The molecule has 0 unspecified atom stereocenters. The monoisotopic (exact) mass is 551 g/mol. The summed E-state index contributed by atoms with van der Waals surface area (Å²) in [5, 5.41) is 16.4. The molecule has 3 aromatic rings. The number of H-pyrrole nitrogens is 1. The molecule has 8 rings (SSSR count). The van der Waals surface area contributed by atoms with Crippen LogP contribution in [0.15, 0.2) is 49.1 Å². The number of benzene rings is 2. The van der Waals surface area contributed by atoms with Gasteiger partial charge >= 0.3 is 0 Å². The number of piperidine rings is 1. The second kappa shape index (κ2) is 9.62. The highest BCUT2D eigenvalue weighted by molar-refractivity contribution is 5.85. The molecule has 41 heavy (non-hydrogen) atoms. The third-order valence-electron chi connectivity index (χ3n) is 11.9. The molecule has 0 saturated carbocycles. The van der Waals surface area contributed by atoms with Crippen LogP contribution in [0.3, 0.4) is 0 Å². The first-order valence-electron chi connectivity index (χ1n) is 16.0. The number of likely N-dealkylation sites (tertiary alicyclic amines) is 1. The second-order valence-corrected chi connectivity index (χ2v) is 13.8. The molecule has 0 amide bonds. The zero-order valence-corrected chi connectivity index (χ0v) is 24.7. The van der Waals surface area contributed by atoms with Gasteiger partial charge in [-0.25, -0.2) is 0 Å². The number of fused-ring (bicyclic) bond motifs is 7.